The summed E-state index contributed by atoms with van der Waals surface area (Å²) in [6.45, 7) is 2.77. The Morgan fingerprint density at radius 3 is 2.62 bits per heavy atom. The first kappa shape index (κ1) is 18.6. The number of likely N-dealkylation sites (tertiary alicyclic amines) is 1. The molecule has 2 aromatic rings. The van der Waals surface area contributed by atoms with Crippen LogP contribution >= 0.6 is 11.8 Å². The number of carbonyl (C=O) groups is 1. The predicted molar refractivity (Wildman–Crippen MR) is 105 cm³/mol. The zero-order chi connectivity index (χ0) is 18.5. The van der Waals surface area contributed by atoms with Crippen LogP contribution in [0.15, 0.2) is 53.4 Å². The van der Waals surface area contributed by atoms with E-state index >= 15 is 0 Å². The molecular formula is C21H25NO3S. The summed E-state index contributed by atoms with van der Waals surface area (Å²) in [7, 11) is 3.32. The first-order chi connectivity index (χ1) is 12.6. The van der Waals surface area contributed by atoms with E-state index in [0.717, 1.165) is 41.3 Å². The third-order valence-corrected chi connectivity index (χ3v) is 5.84. The van der Waals surface area contributed by atoms with Crippen LogP contribution in [0.4, 0.5) is 0 Å². The Balaban J connectivity index is 1.80. The van der Waals surface area contributed by atoms with E-state index in [4.69, 9.17) is 9.47 Å². The van der Waals surface area contributed by atoms with E-state index in [-0.39, 0.29) is 17.2 Å². The van der Waals surface area contributed by atoms with Gasteiger partial charge in [0.1, 0.15) is 11.5 Å². The fourth-order valence-corrected chi connectivity index (χ4v) is 4.40. The number of carbonyl (C=O) groups excluding carboxylic acids is 1. The van der Waals surface area contributed by atoms with Gasteiger partial charge < -0.3 is 14.4 Å². The normalized spacial score (nSPS) is 17.8. The van der Waals surface area contributed by atoms with Gasteiger partial charge in [-0.3, -0.25) is 4.79 Å². The number of hydrogen-bond donors (Lipinski definition) is 0. The maximum atomic E-state index is 13.1. The van der Waals surface area contributed by atoms with Crippen molar-refractivity contribution in [3.63, 3.8) is 0 Å². The summed E-state index contributed by atoms with van der Waals surface area (Å²) in [5.41, 5.74) is 1.02. The van der Waals surface area contributed by atoms with Gasteiger partial charge in [0.2, 0.25) is 5.91 Å². The van der Waals surface area contributed by atoms with Crippen LogP contribution in [0, 0.1) is 0 Å². The van der Waals surface area contributed by atoms with E-state index in [1.165, 1.54) is 0 Å². The number of rotatable bonds is 6. The van der Waals surface area contributed by atoms with Gasteiger partial charge in [-0.25, -0.2) is 0 Å². The zero-order valence-electron chi connectivity index (χ0n) is 15.5. The van der Waals surface area contributed by atoms with E-state index < -0.39 is 0 Å². The monoisotopic (exact) mass is 371 g/mol. The average Bonchev–Trinajstić information content (AvgIpc) is 3.17. The van der Waals surface area contributed by atoms with Crippen molar-refractivity contribution >= 4 is 17.7 Å². The molecular weight excluding hydrogens is 346 g/mol. The lowest BCUT2D eigenvalue weighted by Gasteiger charge is -2.29. The van der Waals surface area contributed by atoms with Gasteiger partial charge in [-0.15, -0.1) is 11.8 Å². The van der Waals surface area contributed by atoms with Gasteiger partial charge in [0.15, 0.2) is 0 Å². The standard InChI is InChI=1S/C21H25NO3S/c1-15(26-17-8-5-4-6-9-17)21(23)22-13-7-10-19(22)18-14-16(24-2)11-12-20(18)25-3/h4-6,8-9,11-12,14-15,19H,7,10,13H2,1-3H3/t15-,19+/m0/s1. The van der Waals surface area contributed by atoms with Gasteiger partial charge >= 0.3 is 0 Å². The Labute approximate surface area is 159 Å². The fourth-order valence-electron chi connectivity index (χ4n) is 3.44. The Hall–Kier alpha value is -2.14. The van der Waals surface area contributed by atoms with Crippen molar-refractivity contribution in [1.82, 2.24) is 4.90 Å². The number of methoxy groups -OCH3 is 2. The molecule has 4 nitrogen and oxygen atoms in total. The number of thioether (sulfide) groups is 1. The van der Waals surface area contributed by atoms with E-state index in [1.54, 1.807) is 26.0 Å². The molecule has 1 aliphatic heterocycles. The van der Waals surface area contributed by atoms with Gasteiger partial charge in [-0.05, 0) is 50.1 Å². The van der Waals surface area contributed by atoms with Crippen LogP contribution in [0.2, 0.25) is 0 Å². The number of hydrogen-bond acceptors (Lipinski definition) is 4. The first-order valence-corrected chi connectivity index (χ1v) is 9.76. The molecule has 5 heteroatoms. The maximum Gasteiger partial charge on any atom is 0.236 e. The van der Waals surface area contributed by atoms with Crippen LogP contribution in [0.25, 0.3) is 0 Å². The van der Waals surface area contributed by atoms with Crippen molar-refractivity contribution < 1.29 is 14.3 Å². The summed E-state index contributed by atoms with van der Waals surface area (Å²) in [6, 6.07) is 15.9. The summed E-state index contributed by atoms with van der Waals surface area (Å²) < 4.78 is 10.9. The van der Waals surface area contributed by atoms with Crippen LogP contribution in [0.1, 0.15) is 31.4 Å². The summed E-state index contributed by atoms with van der Waals surface area (Å²) in [5.74, 6) is 1.76. The molecule has 3 rings (SSSR count). The van der Waals surface area contributed by atoms with Gasteiger partial charge in [0.05, 0.1) is 25.5 Å². The predicted octanol–water partition coefficient (Wildman–Crippen LogP) is 4.55. The van der Waals surface area contributed by atoms with E-state index in [2.05, 4.69) is 0 Å². The zero-order valence-corrected chi connectivity index (χ0v) is 16.3. The first-order valence-electron chi connectivity index (χ1n) is 8.88. The van der Waals surface area contributed by atoms with E-state index in [9.17, 15) is 4.79 Å². The quantitative estimate of drug-likeness (QED) is 0.699. The minimum atomic E-state index is -0.130. The van der Waals surface area contributed by atoms with E-state index in [1.807, 2.05) is 60.4 Å². The molecule has 1 saturated heterocycles. The summed E-state index contributed by atoms with van der Waals surface area (Å²) in [5, 5.41) is -0.130. The van der Waals surface area contributed by atoms with Crippen molar-refractivity contribution in [2.45, 2.75) is 36.0 Å². The Bertz CT molecular complexity index is 750. The van der Waals surface area contributed by atoms with Crippen LogP contribution < -0.4 is 9.47 Å². The summed E-state index contributed by atoms with van der Waals surface area (Å²) in [6.07, 6.45) is 1.94. The number of amides is 1. The topological polar surface area (TPSA) is 38.8 Å². The summed E-state index contributed by atoms with van der Waals surface area (Å²) in [4.78, 5) is 16.2. The molecule has 0 N–H and O–H groups in total. The van der Waals surface area contributed by atoms with Gasteiger partial charge in [-0.2, -0.15) is 0 Å². The highest BCUT2D eigenvalue weighted by molar-refractivity contribution is 8.00. The molecule has 0 aliphatic carbocycles. The van der Waals surface area contributed by atoms with Crippen LogP contribution in [-0.2, 0) is 4.79 Å². The number of nitrogens with zero attached hydrogens (tertiary/aromatic N) is 1. The van der Waals surface area contributed by atoms with Crippen molar-refractivity contribution in [3.05, 3.63) is 54.1 Å². The second-order valence-corrected chi connectivity index (χ2v) is 7.78. The van der Waals surface area contributed by atoms with Gasteiger partial charge in [0, 0.05) is 17.0 Å². The highest BCUT2D eigenvalue weighted by Gasteiger charge is 2.34. The van der Waals surface area contributed by atoms with Crippen molar-refractivity contribution in [2.75, 3.05) is 20.8 Å². The number of benzene rings is 2. The lowest BCUT2D eigenvalue weighted by atomic mass is 10.0. The average molecular weight is 372 g/mol. The second kappa shape index (κ2) is 8.49. The molecule has 26 heavy (non-hydrogen) atoms. The molecule has 0 radical (unpaired) electrons. The molecule has 0 aromatic heterocycles. The minimum absolute atomic E-state index is 0.0337. The molecule has 1 heterocycles. The maximum absolute atomic E-state index is 13.1. The molecule has 2 aromatic carbocycles. The molecule has 0 spiro atoms. The van der Waals surface area contributed by atoms with Crippen LogP contribution in [0.5, 0.6) is 11.5 Å². The Kier molecular flexibility index (Phi) is 6.09. The molecule has 2 atom stereocenters. The van der Waals surface area contributed by atoms with Gasteiger partial charge in [-0.1, -0.05) is 18.2 Å². The Morgan fingerprint density at radius 1 is 1.15 bits per heavy atom. The highest BCUT2D eigenvalue weighted by atomic mass is 32.2. The second-order valence-electron chi connectivity index (χ2n) is 6.37. The molecule has 1 amide bonds. The van der Waals surface area contributed by atoms with Crippen molar-refractivity contribution in [3.8, 4) is 11.5 Å². The van der Waals surface area contributed by atoms with Crippen molar-refractivity contribution in [2.24, 2.45) is 0 Å². The minimum Gasteiger partial charge on any atom is -0.497 e. The van der Waals surface area contributed by atoms with Gasteiger partial charge in [0.25, 0.3) is 0 Å². The molecule has 1 fully saturated rings. The lowest BCUT2D eigenvalue weighted by Crippen LogP contribution is -2.36. The molecule has 0 saturated carbocycles. The lowest BCUT2D eigenvalue weighted by molar-refractivity contribution is -0.131. The molecule has 0 unspecified atom stereocenters. The molecule has 0 bridgehead atoms. The third kappa shape index (κ3) is 3.98. The van der Waals surface area contributed by atoms with Crippen LogP contribution in [-0.4, -0.2) is 36.8 Å². The summed E-state index contributed by atoms with van der Waals surface area (Å²) >= 11 is 1.61. The number of ether oxygens (including phenoxy) is 2. The fraction of sp³-hybridized carbons (Fsp3) is 0.381. The van der Waals surface area contributed by atoms with Crippen LogP contribution in [0.3, 0.4) is 0 Å². The molecule has 1 aliphatic rings. The van der Waals surface area contributed by atoms with E-state index in [0.29, 0.717) is 0 Å². The SMILES string of the molecule is COc1ccc(OC)c([C@H]2CCCN2C(=O)[C@H](C)Sc2ccccc2)c1. The van der Waals surface area contributed by atoms with Crippen molar-refractivity contribution in [1.29, 1.82) is 0 Å². The highest BCUT2D eigenvalue weighted by Crippen LogP contribution is 2.40. The third-order valence-electron chi connectivity index (χ3n) is 4.74. The smallest absolute Gasteiger partial charge is 0.236 e. The Morgan fingerprint density at radius 2 is 1.92 bits per heavy atom. The molecule has 138 valence electrons. The largest absolute Gasteiger partial charge is 0.497 e.